The van der Waals surface area contributed by atoms with E-state index in [1.54, 1.807) is 44.2 Å². The molecule has 2 rings (SSSR count). The highest BCUT2D eigenvalue weighted by molar-refractivity contribution is 7.89. The summed E-state index contributed by atoms with van der Waals surface area (Å²) in [5.74, 6) is -1.15. The molecule has 0 radical (unpaired) electrons. The number of sulfonamides is 1. The van der Waals surface area contributed by atoms with Crippen molar-refractivity contribution in [3.63, 3.8) is 0 Å². The lowest BCUT2D eigenvalue weighted by Gasteiger charge is -2.31. The van der Waals surface area contributed by atoms with Gasteiger partial charge in [0.05, 0.1) is 12.0 Å². The van der Waals surface area contributed by atoms with Gasteiger partial charge in [0.25, 0.3) is 15.7 Å². The lowest BCUT2D eigenvalue weighted by Crippen LogP contribution is -2.48. The summed E-state index contributed by atoms with van der Waals surface area (Å²) in [4.78, 5) is 22.6. The van der Waals surface area contributed by atoms with E-state index in [1.165, 1.54) is 25.3 Å². The normalized spacial score (nSPS) is 12.8. The fraction of sp³-hybridized carbons (Fsp3) is 0.316. The monoisotopic (exact) mass is 406 g/mol. The van der Waals surface area contributed by atoms with Crippen molar-refractivity contribution in [2.24, 2.45) is 5.92 Å². The van der Waals surface area contributed by atoms with Gasteiger partial charge in [-0.1, -0.05) is 56.3 Å². The van der Waals surface area contributed by atoms with Gasteiger partial charge in [0.1, 0.15) is 6.04 Å². The lowest BCUT2D eigenvalue weighted by molar-refractivity contribution is -0.387. The summed E-state index contributed by atoms with van der Waals surface area (Å²) < 4.78 is 32.7. The Morgan fingerprint density at radius 3 is 2.21 bits per heavy atom. The Kier molecular flexibility index (Phi) is 6.87. The summed E-state index contributed by atoms with van der Waals surface area (Å²) in [5, 5.41) is 11.4. The molecule has 0 spiro atoms. The Morgan fingerprint density at radius 2 is 1.68 bits per heavy atom. The van der Waals surface area contributed by atoms with Crippen LogP contribution in [0.3, 0.4) is 0 Å². The lowest BCUT2D eigenvalue weighted by atomic mass is 10.0. The molecule has 0 aliphatic heterocycles. The minimum atomic E-state index is -4.38. The number of esters is 1. The predicted octanol–water partition coefficient (Wildman–Crippen LogP) is 2.98. The summed E-state index contributed by atoms with van der Waals surface area (Å²) in [6.07, 6.45) is 0. The van der Waals surface area contributed by atoms with E-state index in [-0.39, 0.29) is 6.54 Å². The Labute approximate surface area is 163 Å². The van der Waals surface area contributed by atoms with E-state index in [2.05, 4.69) is 0 Å². The highest BCUT2D eigenvalue weighted by atomic mass is 32.2. The van der Waals surface area contributed by atoms with E-state index in [0.29, 0.717) is 5.56 Å². The summed E-state index contributed by atoms with van der Waals surface area (Å²) in [5.41, 5.74) is 0.0899. The quantitative estimate of drug-likeness (QED) is 0.379. The summed E-state index contributed by atoms with van der Waals surface area (Å²) in [6, 6.07) is 12.6. The molecule has 0 fully saturated rings. The maximum Gasteiger partial charge on any atom is 0.324 e. The number of nitro groups is 1. The molecule has 0 saturated carbocycles. The third-order valence-corrected chi connectivity index (χ3v) is 6.09. The number of ether oxygens (including phenoxy) is 1. The Balaban J connectivity index is 2.66. The van der Waals surface area contributed by atoms with Crippen molar-refractivity contribution < 1.29 is 22.9 Å². The zero-order chi connectivity index (χ0) is 20.9. The van der Waals surface area contributed by atoms with Crippen LogP contribution in [0, 0.1) is 16.0 Å². The van der Waals surface area contributed by atoms with Crippen molar-refractivity contribution in [2.45, 2.75) is 31.3 Å². The zero-order valence-electron chi connectivity index (χ0n) is 15.8. The molecule has 0 saturated heterocycles. The first-order valence-corrected chi connectivity index (χ1v) is 10.0. The number of carbonyl (C=O) groups is 1. The molecule has 1 unspecified atom stereocenters. The van der Waals surface area contributed by atoms with Crippen LogP contribution in [0.1, 0.15) is 19.4 Å². The summed E-state index contributed by atoms with van der Waals surface area (Å²) in [7, 11) is -3.21. The number of nitrogens with zero attached hydrogens (tertiary/aromatic N) is 2. The third-order valence-electron chi connectivity index (χ3n) is 4.21. The van der Waals surface area contributed by atoms with E-state index >= 15 is 0 Å². The van der Waals surface area contributed by atoms with E-state index in [0.717, 1.165) is 10.4 Å². The molecule has 150 valence electrons. The smallest absolute Gasteiger partial charge is 0.324 e. The van der Waals surface area contributed by atoms with Gasteiger partial charge in [0.15, 0.2) is 4.90 Å². The largest absolute Gasteiger partial charge is 0.468 e. The SMILES string of the molecule is COC(=O)C(C(C)C)N(Cc1ccccc1)S(=O)(=O)c1ccccc1[N+](=O)[O-]. The van der Waals surface area contributed by atoms with E-state index < -0.39 is 43.5 Å². The van der Waals surface area contributed by atoms with Crippen LogP contribution in [-0.4, -0.2) is 36.8 Å². The van der Waals surface area contributed by atoms with Crippen molar-refractivity contribution in [2.75, 3.05) is 7.11 Å². The second kappa shape index (κ2) is 8.94. The van der Waals surface area contributed by atoms with Crippen molar-refractivity contribution in [3.05, 3.63) is 70.3 Å². The van der Waals surface area contributed by atoms with Crippen molar-refractivity contribution in [1.82, 2.24) is 4.31 Å². The molecule has 0 aromatic heterocycles. The number of rotatable bonds is 8. The first-order valence-electron chi connectivity index (χ1n) is 8.57. The van der Waals surface area contributed by atoms with E-state index in [9.17, 15) is 23.3 Å². The van der Waals surface area contributed by atoms with Crippen LogP contribution < -0.4 is 0 Å². The van der Waals surface area contributed by atoms with Crippen LogP contribution in [0.25, 0.3) is 0 Å². The van der Waals surface area contributed by atoms with Gasteiger partial charge in [-0.05, 0) is 17.5 Å². The van der Waals surface area contributed by atoms with Gasteiger partial charge in [-0.2, -0.15) is 4.31 Å². The molecule has 2 aromatic rings. The fourth-order valence-corrected chi connectivity index (χ4v) is 4.75. The fourth-order valence-electron chi connectivity index (χ4n) is 2.89. The van der Waals surface area contributed by atoms with Crippen LogP contribution in [0.15, 0.2) is 59.5 Å². The van der Waals surface area contributed by atoms with Gasteiger partial charge < -0.3 is 4.74 Å². The van der Waals surface area contributed by atoms with Crippen LogP contribution in [0.5, 0.6) is 0 Å². The molecule has 0 bridgehead atoms. The Hall–Kier alpha value is -2.78. The first-order chi connectivity index (χ1) is 13.2. The van der Waals surface area contributed by atoms with Gasteiger partial charge in [-0.3, -0.25) is 14.9 Å². The zero-order valence-corrected chi connectivity index (χ0v) is 16.6. The number of nitro benzene ring substituents is 1. The molecular weight excluding hydrogens is 384 g/mol. The average Bonchev–Trinajstić information content (AvgIpc) is 2.67. The third kappa shape index (κ3) is 4.55. The standard InChI is InChI=1S/C19H22N2O6S/c1-14(2)18(19(22)27-3)20(13-15-9-5-4-6-10-15)28(25,26)17-12-8-7-11-16(17)21(23)24/h4-12,14,18H,13H2,1-3H3. The molecule has 2 aromatic carbocycles. The summed E-state index contributed by atoms with van der Waals surface area (Å²) >= 11 is 0. The molecule has 0 N–H and O–H groups in total. The van der Waals surface area contributed by atoms with Crippen molar-refractivity contribution in [1.29, 1.82) is 0 Å². The maximum absolute atomic E-state index is 13.4. The first kappa shape index (κ1) is 21.5. The topological polar surface area (TPSA) is 107 Å². The van der Waals surface area contributed by atoms with Crippen molar-refractivity contribution >= 4 is 21.7 Å². The van der Waals surface area contributed by atoms with Crippen LogP contribution in [-0.2, 0) is 26.1 Å². The minimum absolute atomic E-state index is 0.132. The number of hydrogen-bond acceptors (Lipinski definition) is 6. The molecule has 0 aliphatic carbocycles. The number of para-hydroxylation sites is 1. The second-order valence-electron chi connectivity index (χ2n) is 6.47. The average molecular weight is 406 g/mol. The van der Waals surface area contributed by atoms with E-state index in [1.807, 2.05) is 0 Å². The van der Waals surface area contributed by atoms with Gasteiger partial charge in [-0.15, -0.1) is 0 Å². The molecule has 1 atom stereocenters. The Morgan fingerprint density at radius 1 is 1.11 bits per heavy atom. The molecule has 8 nitrogen and oxygen atoms in total. The number of carbonyl (C=O) groups excluding carboxylic acids is 1. The van der Waals surface area contributed by atoms with Crippen LogP contribution >= 0.6 is 0 Å². The van der Waals surface area contributed by atoms with Gasteiger partial charge >= 0.3 is 5.97 Å². The minimum Gasteiger partial charge on any atom is -0.468 e. The number of hydrogen-bond donors (Lipinski definition) is 0. The van der Waals surface area contributed by atoms with Gasteiger partial charge in [0, 0.05) is 12.6 Å². The summed E-state index contributed by atoms with van der Waals surface area (Å²) in [6.45, 7) is 3.25. The predicted molar refractivity (Wildman–Crippen MR) is 103 cm³/mol. The second-order valence-corrected chi connectivity index (χ2v) is 8.33. The van der Waals surface area contributed by atoms with Gasteiger partial charge in [-0.25, -0.2) is 8.42 Å². The Bertz CT molecular complexity index is 944. The molecule has 28 heavy (non-hydrogen) atoms. The molecular formula is C19H22N2O6S. The maximum atomic E-state index is 13.4. The molecule has 9 heteroatoms. The van der Waals surface area contributed by atoms with Crippen LogP contribution in [0.2, 0.25) is 0 Å². The van der Waals surface area contributed by atoms with Crippen LogP contribution in [0.4, 0.5) is 5.69 Å². The number of methoxy groups -OCH3 is 1. The highest BCUT2D eigenvalue weighted by Crippen LogP contribution is 2.30. The number of benzene rings is 2. The molecule has 0 amide bonds. The molecule has 0 aliphatic rings. The van der Waals surface area contributed by atoms with E-state index in [4.69, 9.17) is 4.74 Å². The van der Waals surface area contributed by atoms with Gasteiger partial charge in [0.2, 0.25) is 0 Å². The highest BCUT2D eigenvalue weighted by Gasteiger charge is 2.41. The molecule has 0 heterocycles. The van der Waals surface area contributed by atoms with Crippen molar-refractivity contribution in [3.8, 4) is 0 Å².